The van der Waals surface area contributed by atoms with Gasteiger partial charge in [0, 0.05) is 12.1 Å². The second-order valence-corrected chi connectivity index (χ2v) is 3.68. The second kappa shape index (κ2) is 4.24. The fourth-order valence-electron chi connectivity index (χ4n) is 1.70. The van der Waals surface area contributed by atoms with Crippen LogP contribution in [0.1, 0.15) is 17.2 Å². The minimum Gasteiger partial charge on any atom is -0.378 e. The summed E-state index contributed by atoms with van der Waals surface area (Å²) < 4.78 is 32.1. The minimum absolute atomic E-state index is 0.242. The van der Waals surface area contributed by atoms with E-state index in [0.29, 0.717) is 30.9 Å². The number of halogens is 2. The Labute approximate surface area is 87.2 Å². The van der Waals surface area contributed by atoms with Crippen LogP contribution in [0.2, 0.25) is 0 Å². The molecule has 1 saturated heterocycles. The van der Waals surface area contributed by atoms with E-state index >= 15 is 0 Å². The molecular formula is C11H13F2NO. The number of morpholine rings is 1. The smallest absolute Gasteiger partial charge is 0.163 e. The van der Waals surface area contributed by atoms with Crippen LogP contribution in [-0.4, -0.2) is 19.8 Å². The van der Waals surface area contributed by atoms with E-state index in [-0.39, 0.29) is 6.04 Å². The largest absolute Gasteiger partial charge is 0.378 e. The zero-order valence-corrected chi connectivity index (χ0v) is 8.52. The van der Waals surface area contributed by atoms with E-state index in [1.807, 2.05) is 0 Å². The van der Waals surface area contributed by atoms with Gasteiger partial charge in [0.25, 0.3) is 0 Å². The minimum atomic E-state index is -0.766. The van der Waals surface area contributed by atoms with Crippen LogP contribution in [0, 0.1) is 18.6 Å². The fraction of sp³-hybridized carbons (Fsp3) is 0.455. The zero-order valence-electron chi connectivity index (χ0n) is 8.52. The van der Waals surface area contributed by atoms with Crippen molar-refractivity contribution in [1.82, 2.24) is 5.32 Å². The lowest BCUT2D eigenvalue weighted by molar-refractivity contribution is 0.0755. The monoisotopic (exact) mass is 213 g/mol. The molecule has 1 atom stereocenters. The summed E-state index contributed by atoms with van der Waals surface area (Å²) in [6.45, 7) is 3.22. The van der Waals surface area contributed by atoms with Crippen LogP contribution in [0.3, 0.4) is 0 Å². The third-order valence-electron chi connectivity index (χ3n) is 2.60. The van der Waals surface area contributed by atoms with Crippen LogP contribution in [0.5, 0.6) is 0 Å². The predicted octanol–water partition coefficient (Wildman–Crippen LogP) is 1.93. The molecule has 0 saturated carbocycles. The van der Waals surface area contributed by atoms with Crippen molar-refractivity contribution in [2.75, 3.05) is 19.8 Å². The maximum Gasteiger partial charge on any atom is 0.163 e. The molecule has 0 bridgehead atoms. The number of aryl methyl sites for hydroxylation is 1. The van der Waals surface area contributed by atoms with E-state index in [1.165, 1.54) is 0 Å². The summed E-state index contributed by atoms with van der Waals surface area (Å²) in [4.78, 5) is 0. The number of rotatable bonds is 1. The van der Waals surface area contributed by atoms with Gasteiger partial charge in [-0.2, -0.15) is 0 Å². The van der Waals surface area contributed by atoms with E-state index in [1.54, 1.807) is 19.1 Å². The molecule has 0 unspecified atom stereocenters. The summed E-state index contributed by atoms with van der Waals surface area (Å²) >= 11 is 0. The summed E-state index contributed by atoms with van der Waals surface area (Å²) in [5.74, 6) is -1.53. The Morgan fingerprint density at radius 1 is 1.33 bits per heavy atom. The Bertz CT molecular complexity index is 362. The Kier molecular flexibility index (Phi) is 2.98. The number of hydrogen-bond acceptors (Lipinski definition) is 2. The quantitative estimate of drug-likeness (QED) is 0.769. The van der Waals surface area contributed by atoms with Crippen LogP contribution < -0.4 is 5.32 Å². The van der Waals surface area contributed by atoms with Gasteiger partial charge in [-0.05, 0) is 12.5 Å². The van der Waals surface area contributed by atoms with Crippen molar-refractivity contribution in [1.29, 1.82) is 0 Å². The third kappa shape index (κ3) is 2.01. The van der Waals surface area contributed by atoms with E-state index in [2.05, 4.69) is 5.32 Å². The van der Waals surface area contributed by atoms with Gasteiger partial charge < -0.3 is 10.1 Å². The lowest BCUT2D eigenvalue weighted by atomic mass is 10.0. The Balaban J connectivity index is 2.31. The van der Waals surface area contributed by atoms with E-state index in [0.717, 1.165) is 0 Å². The van der Waals surface area contributed by atoms with Crippen molar-refractivity contribution >= 4 is 0 Å². The molecule has 1 fully saturated rings. The van der Waals surface area contributed by atoms with Crippen molar-refractivity contribution in [3.8, 4) is 0 Å². The second-order valence-electron chi connectivity index (χ2n) is 3.68. The molecule has 0 aliphatic carbocycles. The average Bonchev–Trinajstić information content (AvgIpc) is 2.27. The lowest BCUT2D eigenvalue weighted by Crippen LogP contribution is -2.35. The van der Waals surface area contributed by atoms with Crippen LogP contribution in [0.25, 0.3) is 0 Å². The number of hydrogen-bond donors (Lipinski definition) is 1. The summed E-state index contributed by atoms with van der Waals surface area (Å²) in [6.07, 6.45) is 0. The first-order chi connectivity index (χ1) is 7.20. The first kappa shape index (κ1) is 10.5. The van der Waals surface area contributed by atoms with Gasteiger partial charge in [0.15, 0.2) is 11.6 Å². The van der Waals surface area contributed by atoms with Gasteiger partial charge in [-0.1, -0.05) is 12.1 Å². The summed E-state index contributed by atoms with van der Waals surface area (Å²) in [7, 11) is 0. The Morgan fingerprint density at radius 3 is 2.80 bits per heavy atom. The molecule has 0 amide bonds. The molecule has 15 heavy (non-hydrogen) atoms. The topological polar surface area (TPSA) is 21.3 Å². The van der Waals surface area contributed by atoms with Crippen molar-refractivity contribution in [3.05, 3.63) is 34.9 Å². The molecule has 1 N–H and O–H groups in total. The third-order valence-corrected chi connectivity index (χ3v) is 2.60. The number of ether oxygens (including phenoxy) is 1. The number of nitrogens with one attached hydrogen (secondary N) is 1. The highest BCUT2D eigenvalue weighted by Gasteiger charge is 2.21. The molecule has 1 aliphatic rings. The Morgan fingerprint density at radius 2 is 2.13 bits per heavy atom. The van der Waals surface area contributed by atoms with Gasteiger partial charge in [0.2, 0.25) is 0 Å². The summed E-state index contributed by atoms with van der Waals surface area (Å²) in [5, 5.41) is 3.09. The number of benzene rings is 1. The van der Waals surface area contributed by atoms with Crippen molar-refractivity contribution in [2.24, 2.45) is 0 Å². The highest BCUT2D eigenvalue weighted by molar-refractivity contribution is 5.28. The average molecular weight is 213 g/mol. The molecule has 82 valence electrons. The van der Waals surface area contributed by atoms with Gasteiger partial charge >= 0.3 is 0 Å². The molecule has 4 heteroatoms. The van der Waals surface area contributed by atoms with Gasteiger partial charge in [0.05, 0.1) is 19.3 Å². The van der Waals surface area contributed by atoms with Crippen molar-refractivity contribution < 1.29 is 13.5 Å². The predicted molar refractivity (Wildman–Crippen MR) is 52.7 cm³/mol. The maximum atomic E-state index is 13.6. The molecule has 2 rings (SSSR count). The molecule has 1 aromatic rings. The lowest BCUT2D eigenvalue weighted by Gasteiger charge is -2.24. The molecule has 0 spiro atoms. The molecule has 1 aliphatic heterocycles. The molecule has 1 aromatic carbocycles. The van der Waals surface area contributed by atoms with Crippen LogP contribution in [0.15, 0.2) is 12.1 Å². The zero-order chi connectivity index (χ0) is 10.8. The first-order valence-electron chi connectivity index (χ1n) is 4.96. The van der Waals surface area contributed by atoms with Gasteiger partial charge in [-0.15, -0.1) is 0 Å². The molecule has 0 radical (unpaired) electrons. The SMILES string of the molecule is Cc1ccc([C@H]2COCCN2)c(F)c1F. The van der Waals surface area contributed by atoms with Crippen LogP contribution >= 0.6 is 0 Å². The maximum absolute atomic E-state index is 13.6. The van der Waals surface area contributed by atoms with Crippen LogP contribution in [0.4, 0.5) is 8.78 Å². The Hall–Kier alpha value is -1.00. The van der Waals surface area contributed by atoms with E-state index in [9.17, 15) is 8.78 Å². The highest BCUT2D eigenvalue weighted by Crippen LogP contribution is 2.23. The molecular weight excluding hydrogens is 200 g/mol. The fourth-order valence-corrected chi connectivity index (χ4v) is 1.70. The van der Waals surface area contributed by atoms with Crippen molar-refractivity contribution in [3.63, 3.8) is 0 Å². The van der Waals surface area contributed by atoms with Gasteiger partial charge in [0.1, 0.15) is 0 Å². The molecule has 1 heterocycles. The molecule has 0 aromatic heterocycles. The summed E-state index contributed by atoms with van der Waals surface area (Å²) in [6, 6.07) is 2.96. The van der Waals surface area contributed by atoms with Gasteiger partial charge in [-0.25, -0.2) is 8.78 Å². The summed E-state index contributed by atoms with van der Waals surface area (Å²) in [5.41, 5.74) is 0.672. The van der Waals surface area contributed by atoms with Crippen LogP contribution in [-0.2, 0) is 4.74 Å². The normalized spacial score (nSPS) is 21.7. The van der Waals surface area contributed by atoms with Crippen molar-refractivity contribution in [2.45, 2.75) is 13.0 Å². The van der Waals surface area contributed by atoms with Gasteiger partial charge in [-0.3, -0.25) is 0 Å². The standard InChI is InChI=1S/C11H13F2NO/c1-7-2-3-8(11(13)10(7)12)9-6-15-5-4-14-9/h2-3,9,14H,4-6H2,1H3/t9-/m1/s1. The molecule has 2 nitrogen and oxygen atoms in total. The van der Waals surface area contributed by atoms with E-state index < -0.39 is 11.6 Å². The highest BCUT2D eigenvalue weighted by atomic mass is 19.2. The first-order valence-corrected chi connectivity index (χ1v) is 4.96. The van der Waals surface area contributed by atoms with E-state index in [4.69, 9.17) is 4.74 Å².